The lowest BCUT2D eigenvalue weighted by Gasteiger charge is -2.27. The average molecular weight is 530 g/mol. The van der Waals surface area contributed by atoms with E-state index in [-0.39, 0.29) is 5.91 Å². The molecule has 1 aromatic heterocycles. The summed E-state index contributed by atoms with van der Waals surface area (Å²) in [5, 5.41) is 4.94. The Balaban J connectivity index is 1.51. The minimum absolute atomic E-state index is 0.225. The van der Waals surface area contributed by atoms with Crippen LogP contribution in [-0.2, 0) is 11.2 Å². The number of hydrogen-bond donors (Lipinski definition) is 1. The van der Waals surface area contributed by atoms with Crippen molar-refractivity contribution in [1.29, 1.82) is 0 Å². The molecule has 1 N–H and O–H groups in total. The maximum Gasteiger partial charge on any atom is 0.414 e. The Hall–Kier alpha value is -4.17. The molecule has 4 aromatic rings. The minimum Gasteiger partial charge on any atom is -0.497 e. The third kappa shape index (κ3) is 6.98. The van der Waals surface area contributed by atoms with Crippen LogP contribution in [0.2, 0.25) is 0 Å². The SMILES string of the molecule is COc1ccc(-c2ccccc2C(=O)Nc2ccc(N(CCc3cscn3)C(=O)OC(C)(C)C)cc2)cc1. The summed E-state index contributed by atoms with van der Waals surface area (Å²) in [7, 11) is 1.62. The number of hydrogen-bond acceptors (Lipinski definition) is 6. The quantitative estimate of drug-likeness (QED) is 0.264. The number of thiazole rings is 1. The van der Waals surface area contributed by atoms with Crippen LogP contribution in [-0.4, -0.2) is 36.2 Å². The first kappa shape index (κ1) is 26.9. The number of anilines is 2. The van der Waals surface area contributed by atoms with Gasteiger partial charge in [-0.05, 0) is 74.4 Å². The predicted octanol–water partition coefficient (Wildman–Crippen LogP) is 7.06. The van der Waals surface area contributed by atoms with Gasteiger partial charge in [-0.2, -0.15) is 0 Å². The number of nitrogens with one attached hydrogen (secondary N) is 1. The summed E-state index contributed by atoms with van der Waals surface area (Å²) in [4.78, 5) is 32.1. The Morgan fingerprint density at radius 1 is 0.974 bits per heavy atom. The van der Waals surface area contributed by atoms with Crippen molar-refractivity contribution in [3.8, 4) is 16.9 Å². The Kier molecular flexibility index (Phi) is 8.43. The van der Waals surface area contributed by atoms with Crippen LogP contribution in [0.1, 0.15) is 36.8 Å². The molecule has 0 saturated carbocycles. The van der Waals surface area contributed by atoms with E-state index in [1.165, 1.54) is 11.3 Å². The van der Waals surface area contributed by atoms with E-state index in [1.54, 1.807) is 47.9 Å². The van der Waals surface area contributed by atoms with Crippen molar-refractivity contribution in [2.24, 2.45) is 0 Å². The van der Waals surface area contributed by atoms with Gasteiger partial charge < -0.3 is 14.8 Å². The van der Waals surface area contributed by atoms with Crippen molar-refractivity contribution in [2.45, 2.75) is 32.8 Å². The summed E-state index contributed by atoms with van der Waals surface area (Å²) in [5.41, 5.74) is 5.65. The largest absolute Gasteiger partial charge is 0.497 e. The van der Waals surface area contributed by atoms with E-state index in [0.717, 1.165) is 22.6 Å². The van der Waals surface area contributed by atoms with E-state index in [9.17, 15) is 9.59 Å². The van der Waals surface area contributed by atoms with Crippen LogP contribution < -0.4 is 15.0 Å². The molecule has 196 valence electrons. The molecule has 4 rings (SSSR count). The van der Waals surface area contributed by atoms with Gasteiger partial charge in [-0.15, -0.1) is 11.3 Å². The first-order chi connectivity index (χ1) is 18.2. The zero-order valence-corrected chi connectivity index (χ0v) is 22.7. The number of nitrogens with zero attached hydrogens (tertiary/aromatic N) is 2. The molecule has 0 aliphatic carbocycles. The van der Waals surface area contributed by atoms with Gasteiger partial charge in [0.2, 0.25) is 0 Å². The molecule has 0 aliphatic rings. The number of ether oxygens (including phenoxy) is 2. The van der Waals surface area contributed by atoms with Crippen LogP contribution in [0.15, 0.2) is 83.7 Å². The summed E-state index contributed by atoms with van der Waals surface area (Å²) >= 11 is 1.52. The van der Waals surface area contributed by atoms with Crippen LogP contribution >= 0.6 is 11.3 Å². The van der Waals surface area contributed by atoms with Crippen molar-refractivity contribution >= 4 is 34.7 Å². The van der Waals surface area contributed by atoms with Crippen molar-refractivity contribution in [3.63, 3.8) is 0 Å². The Labute approximate surface area is 227 Å². The maximum atomic E-state index is 13.2. The topological polar surface area (TPSA) is 80.8 Å². The van der Waals surface area contributed by atoms with Crippen molar-refractivity contribution in [2.75, 3.05) is 23.9 Å². The van der Waals surface area contributed by atoms with Crippen molar-refractivity contribution in [3.05, 3.63) is 94.9 Å². The molecule has 7 nitrogen and oxygen atoms in total. The molecule has 1 heterocycles. The van der Waals surface area contributed by atoms with Gasteiger partial charge in [0.1, 0.15) is 11.4 Å². The van der Waals surface area contributed by atoms with Gasteiger partial charge in [-0.25, -0.2) is 9.78 Å². The number of methoxy groups -OCH3 is 1. The highest BCUT2D eigenvalue weighted by molar-refractivity contribution is 7.07. The molecule has 0 radical (unpaired) electrons. The molecule has 0 unspecified atom stereocenters. The number of aromatic nitrogens is 1. The van der Waals surface area contributed by atoms with Crippen LogP contribution in [0.3, 0.4) is 0 Å². The van der Waals surface area contributed by atoms with Gasteiger partial charge in [-0.3, -0.25) is 9.69 Å². The number of amides is 2. The van der Waals surface area contributed by atoms with Crippen LogP contribution in [0.25, 0.3) is 11.1 Å². The van der Waals surface area contributed by atoms with Crippen molar-refractivity contribution < 1.29 is 19.1 Å². The number of carbonyl (C=O) groups excluding carboxylic acids is 2. The van der Waals surface area contributed by atoms with Gasteiger partial charge in [0.25, 0.3) is 5.91 Å². The highest BCUT2D eigenvalue weighted by Crippen LogP contribution is 2.27. The predicted molar refractivity (Wildman–Crippen MR) is 152 cm³/mol. The lowest BCUT2D eigenvalue weighted by atomic mass is 9.99. The van der Waals surface area contributed by atoms with E-state index in [2.05, 4.69) is 10.3 Å². The summed E-state index contributed by atoms with van der Waals surface area (Å²) in [5.74, 6) is 0.527. The molecule has 0 bridgehead atoms. The highest BCUT2D eigenvalue weighted by Gasteiger charge is 2.24. The summed E-state index contributed by atoms with van der Waals surface area (Å²) in [6, 6.07) is 22.2. The van der Waals surface area contributed by atoms with Gasteiger partial charge in [0, 0.05) is 35.3 Å². The van der Waals surface area contributed by atoms with Gasteiger partial charge in [-0.1, -0.05) is 30.3 Å². The molecule has 38 heavy (non-hydrogen) atoms. The molecule has 8 heteroatoms. The van der Waals surface area contributed by atoms with E-state index in [4.69, 9.17) is 9.47 Å². The lowest BCUT2D eigenvalue weighted by molar-refractivity contribution is 0.0580. The van der Waals surface area contributed by atoms with Gasteiger partial charge in [0.05, 0.1) is 18.3 Å². The third-order valence-corrected chi connectivity index (χ3v) is 6.33. The molecule has 0 saturated heterocycles. The summed E-state index contributed by atoms with van der Waals surface area (Å²) in [6.07, 6.45) is 0.168. The van der Waals surface area contributed by atoms with E-state index < -0.39 is 11.7 Å². The molecule has 0 spiro atoms. The lowest BCUT2D eigenvalue weighted by Crippen LogP contribution is -2.38. The molecule has 0 atom stereocenters. The zero-order chi connectivity index (χ0) is 27.1. The Morgan fingerprint density at radius 2 is 1.68 bits per heavy atom. The van der Waals surface area contributed by atoms with Gasteiger partial charge >= 0.3 is 6.09 Å². The van der Waals surface area contributed by atoms with Crippen LogP contribution in [0, 0.1) is 0 Å². The number of rotatable bonds is 8. The molecular formula is C30H31N3O4S. The third-order valence-electron chi connectivity index (χ3n) is 5.70. The highest BCUT2D eigenvalue weighted by atomic mass is 32.1. The molecule has 3 aromatic carbocycles. The smallest absolute Gasteiger partial charge is 0.414 e. The second kappa shape index (κ2) is 11.9. The molecule has 2 amide bonds. The standard InChI is InChI=1S/C30H31N3O4S/c1-30(2,3)37-29(35)33(18-17-23-19-38-20-31-23)24-13-11-22(12-14-24)32-28(34)27-8-6-5-7-26(27)21-9-15-25(36-4)16-10-21/h5-16,19-20H,17-18H2,1-4H3,(H,32,34). The first-order valence-electron chi connectivity index (χ1n) is 12.3. The second-order valence-corrected chi connectivity index (χ2v) is 10.4. The monoisotopic (exact) mass is 529 g/mol. The van der Waals surface area contributed by atoms with Crippen molar-refractivity contribution in [1.82, 2.24) is 4.98 Å². The molecular weight excluding hydrogens is 498 g/mol. The normalized spacial score (nSPS) is 11.1. The van der Waals surface area contributed by atoms with E-state index in [1.807, 2.05) is 68.6 Å². The molecule has 0 fully saturated rings. The number of carbonyl (C=O) groups is 2. The van der Waals surface area contributed by atoms with Crippen LogP contribution in [0.5, 0.6) is 5.75 Å². The summed E-state index contributed by atoms with van der Waals surface area (Å²) < 4.78 is 10.9. The van der Waals surface area contributed by atoms with Crippen LogP contribution in [0.4, 0.5) is 16.2 Å². The Bertz CT molecular complexity index is 1360. The summed E-state index contributed by atoms with van der Waals surface area (Å²) in [6.45, 7) is 5.93. The van der Waals surface area contributed by atoms with Gasteiger partial charge in [0.15, 0.2) is 0 Å². The average Bonchev–Trinajstić information content (AvgIpc) is 3.42. The molecule has 0 aliphatic heterocycles. The zero-order valence-electron chi connectivity index (χ0n) is 21.9. The second-order valence-electron chi connectivity index (χ2n) is 9.64. The fourth-order valence-electron chi connectivity index (χ4n) is 3.86. The maximum absolute atomic E-state index is 13.2. The van der Waals surface area contributed by atoms with E-state index >= 15 is 0 Å². The Morgan fingerprint density at radius 3 is 2.32 bits per heavy atom. The number of benzene rings is 3. The fraction of sp³-hybridized carbons (Fsp3) is 0.233. The fourth-order valence-corrected chi connectivity index (χ4v) is 4.45. The van der Waals surface area contributed by atoms with E-state index in [0.29, 0.717) is 29.9 Å². The minimum atomic E-state index is -0.624. The first-order valence-corrected chi connectivity index (χ1v) is 13.2.